The maximum atomic E-state index is 13.4. The highest BCUT2D eigenvalue weighted by atomic mass is 79.9. The van der Waals surface area contributed by atoms with E-state index in [1.54, 1.807) is 4.57 Å². The first kappa shape index (κ1) is 16.5. The Hall–Kier alpha value is -2.63. The Morgan fingerprint density at radius 1 is 1.04 bits per heavy atom. The number of anilines is 1. The largest absolute Gasteiger partial charge is 0.360 e. The van der Waals surface area contributed by atoms with Gasteiger partial charge in [0, 0.05) is 20.7 Å². The van der Waals surface area contributed by atoms with Crippen LogP contribution in [0.1, 0.15) is 11.7 Å². The van der Waals surface area contributed by atoms with Crippen LogP contribution in [-0.4, -0.2) is 9.55 Å². The first-order valence-corrected chi connectivity index (χ1v) is 9.62. The second-order valence-corrected chi connectivity index (χ2v) is 7.77. The lowest BCUT2D eigenvalue weighted by Gasteiger charge is -2.31. The van der Waals surface area contributed by atoms with Gasteiger partial charge in [-0.3, -0.25) is 9.36 Å². The molecule has 6 heteroatoms. The molecule has 1 aromatic heterocycles. The zero-order valence-corrected chi connectivity index (χ0v) is 16.3. The van der Waals surface area contributed by atoms with E-state index in [1.165, 1.54) is 0 Å². The van der Waals surface area contributed by atoms with Crippen LogP contribution in [0.15, 0.2) is 76.0 Å². The third kappa shape index (κ3) is 2.66. The number of fused-ring (bicyclic) bond motifs is 4. The highest BCUT2D eigenvalue weighted by molar-refractivity contribution is 9.10. The van der Waals surface area contributed by atoms with Gasteiger partial charge in [-0.1, -0.05) is 51.8 Å². The van der Waals surface area contributed by atoms with Crippen LogP contribution in [0.2, 0.25) is 5.02 Å². The predicted octanol–water partition coefficient (Wildman–Crippen LogP) is 5.45. The number of halogens is 2. The third-order valence-electron chi connectivity index (χ3n) is 4.77. The zero-order chi connectivity index (χ0) is 18.5. The number of hydrogen-bond donors (Lipinski definition) is 1. The van der Waals surface area contributed by atoms with Crippen molar-refractivity contribution >= 4 is 44.1 Å². The Morgan fingerprint density at radius 3 is 2.63 bits per heavy atom. The van der Waals surface area contributed by atoms with E-state index in [0.717, 1.165) is 21.3 Å². The minimum Gasteiger partial charge on any atom is -0.360 e. The van der Waals surface area contributed by atoms with E-state index >= 15 is 0 Å². The van der Waals surface area contributed by atoms with Crippen LogP contribution in [0.25, 0.3) is 22.3 Å². The molecule has 0 aliphatic carbocycles. The second-order valence-electron chi connectivity index (χ2n) is 6.42. The Morgan fingerprint density at radius 2 is 1.81 bits per heavy atom. The summed E-state index contributed by atoms with van der Waals surface area (Å²) in [6, 6.07) is 20.9. The van der Waals surface area contributed by atoms with Crippen molar-refractivity contribution in [3.8, 4) is 11.4 Å². The van der Waals surface area contributed by atoms with Gasteiger partial charge in [-0.2, -0.15) is 0 Å². The molecule has 0 saturated carbocycles. The minimum absolute atomic E-state index is 0.0818. The van der Waals surface area contributed by atoms with Crippen LogP contribution >= 0.6 is 27.5 Å². The summed E-state index contributed by atoms with van der Waals surface area (Å²) in [5.74, 6) is 0.614. The number of nitrogens with zero attached hydrogens (tertiary/aromatic N) is 2. The molecule has 5 rings (SSSR count). The minimum atomic E-state index is -0.355. The molecule has 132 valence electrons. The van der Waals surface area contributed by atoms with Gasteiger partial charge in [0.2, 0.25) is 0 Å². The van der Waals surface area contributed by atoms with Gasteiger partial charge >= 0.3 is 0 Å². The molecule has 1 aliphatic rings. The van der Waals surface area contributed by atoms with E-state index in [2.05, 4.69) is 21.2 Å². The van der Waals surface area contributed by atoms with E-state index < -0.39 is 0 Å². The Balaban J connectivity index is 1.86. The molecule has 0 bridgehead atoms. The van der Waals surface area contributed by atoms with Gasteiger partial charge < -0.3 is 5.32 Å². The monoisotopic (exact) mass is 437 g/mol. The van der Waals surface area contributed by atoms with Crippen LogP contribution in [0.3, 0.4) is 0 Å². The van der Waals surface area contributed by atoms with Crippen LogP contribution in [0.4, 0.5) is 5.69 Å². The van der Waals surface area contributed by atoms with Crippen molar-refractivity contribution in [3.63, 3.8) is 0 Å². The molecule has 0 fully saturated rings. The summed E-state index contributed by atoms with van der Waals surface area (Å²) in [4.78, 5) is 18.2. The Kier molecular flexibility index (Phi) is 3.81. The fourth-order valence-electron chi connectivity index (χ4n) is 3.49. The zero-order valence-electron chi connectivity index (χ0n) is 14.0. The van der Waals surface area contributed by atoms with Gasteiger partial charge in [0.1, 0.15) is 12.0 Å². The normalized spacial score (nSPS) is 15.1. The number of nitrogens with one attached hydrogen (secondary N) is 1. The first-order chi connectivity index (χ1) is 13.1. The third-order valence-corrected chi connectivity index (χ3v) is 5.53. The Bertz CT molecular complexity index is 1250. The lowest BCUT2D eigenvalue weighted by atomic mass is 10.0. The van der Waals surface area contributed by atoms with Gasteiger partial charge in [-0.15, -0.1) is 0 Å². The molecule has 1 atom stereocenters. The van der Waals surface area contributed by atoms with Crippen LogP contribution in [0.5, 0.6) is 0 Å². The molecule has 1 unspecified atom stereocenters. The SMILES string of the molecule is O=c1c2ccccc2nc2n1C(c1ccc(Br)cc1)Nc1ccc(Cl)cc1-2. The Labute approximate surface area is 168 Å². The lowest BCUT2D eigenvalue weighted by molar-refractivity contribution is 0.620. The highest BCUT2D eigenvalue weighted by Crippen LogP contribution is 2.38. The van der Waals surface area contributed by atoms with Crippen molar-refractivity contribution in [2.24, 2.45) is 0 Å². The summed E-state index contributed by atoms with van der Waals surface area (Å²) in [6.45, 7) is 0. The van der Waals surface area contributed by atoms with Crippen molar-refractivity contribution in [3.05, 3.63) is 92.1 Å². The number of benzene rings is 3. The van der Waals surface area contributed by atoms with Crippen molar-refractivity contribution in [2.45, 2.75) is 6.17 Å². The molecule has 4 nitrogen and oxygen atoms in total. The lowest BCUT2D eigenvalue weighted by Crippen LogP contribution is -2.35. The second kappa shape index (κ2) is 6.22. The molecule has 3 aromatic carbocycles. The highest BCUT2D eigenvalue weighted by Gasteiger charge is 2.28. The molecule has 1 aliphatic heterocycles. The quantitative estimate of drug-likeness (QED) is 0.430. The fraction of sp³-hybridized carbons (Fsp3) is 0.0476. The molecule has 0 spiro atoms. The van der Waals surface area contributed by atoms with E-state index in [-0.39, 0.29) is 11.7 Å². The molecule has 0 amide bonds. The number of aromatic nitrogens is 2. The molecular formula is C21H13BrClN3O. The van der Waals surface area contributed by atoms with E-state index in [9.17, 15) is 4.79 Å². The smallest absolute Gasteiger partial charge is 0.263 e. The van der Waals surface area contributed by atoms with Crippen molar-refractivity contribution in [2.75, 3.05) is 5.32 Å². The van der Waals surface area contributed by atoms with Crippen molar-refractivity contribution in [1.82, 2.24) is 9.55 Å². The maximum absolute atomic E-state index is 13.4. The van der Waals surface area contributed by atoms with Gasteiger partial charge in [0.15, 0.2) is 0 Å². The van der Waals surface area contributed by atoms with Crippen molar-refractivity contribution in [1.29, 1.82) is 0 Å². The summed E-state index contributed by atoms with van der Waals surface area (Å²) in [5.41, 5.74) is 3.28. The fourth-order valence-corrected chi connectivity index (χ4v) is 3.93. The summed E-state index contributed by atoms with van der Waals surface area (Å²) in [5, 5.41) is 4.67. The molecule has 0 radical (unpaired) electrons. The average molecular weight is 439 g/mol. The summed E-state index contributed by atoms with van der Waals surface area (Å²) in [6.07, 6.45) is -0.355. The molecule has 27 heavy (non-hydrogen) atoms. The van der Waals surface area contributed by atoms with Crippen LogP contribution in [0, 0.1) is 0 Å². The summed E-state index contributed by atoms with van der Waals surface area (Å²) in [7, 11) is 0. The van der Waals surface area contributed by atoms with E-state index in [4.69, 9.17) is 16.6 Å². The number of rotatable bonds is 1. The molecule has 2 heterocycles. The maximum Gasteiger partial charge on any atom is 0.263 e. The number of hydrogen-bond acceptors (Lipinski definition) is 3. The molecule has 0 saturated heterocycles. The van der Waals surface area contributed by atoms with Gasteiger partial charge in [-0.05, 0) is 48.0 Å². The standard InChI is InChI=1S/C21H13BrClN3O/c22-13-7-5-12(6-8-13)19-24-18-10-9-14(23)11-16(18)20-25-17-4-2-1-3-15(17)21(27)26(19)20/h1-11,19,24H. The summed E-state index contributed by atoms with van der Waals surface area (Å²) >= 11 is 9.69. The van der Waals surface area contributed by atoms with Gasteiger partial charge in [0.25, 0.3) is 5.56 Å². The average Bonchev–Trinajstić information content (AvgIpc) is 2.68. The van der Waals surface area contributed by atoms with Gasteiger partial charge in [-0.25, -0.2) is 4.98 Å². The summed E-state index contributed by atoms with van der Waals surface area (Å²) < 4.78 is 2.70. The van der Waals surface area contributed by atoms with Crippen molar-refractivity contribution < 1.29 is 0 Å². The molecule has 1 N–H and O–H groups in total. The molecular weight excluding hydrogens is 426 g/mol. The predicted molar refractivity (Wildman–Crippen MR) is 112 cm³/mol. The topological polar surface area (TPSA) is 46.9 Å². The van der Waals surface area contributed by atoms with Crippen LogP contribution < -0.4 is 10.9 Å². The van der Waals surface area contributed by atoms with E-state index in [1.807, 2.05) is 66.7 Å². The number of para-hydroxylation sites is 1. The first-order valence-electron chi connectivity index (χ1n) is 8.45. The van der Waals surface area contributed by atoms with E-state index in [0.29, 0.717) is 21.7 Å². The molecule has 4 aromatic rings. The van der Waals surface area contributed by atoms with Crippen LogP contribution in [-0.2, 0) is 0 Å². The van der Waals surface area contributed by atoms with Gasteiger partial charge in [0.05, 0.1) is 10.9 Å².